The fourth-order valence-corrected chi connectivity index (χ4v) is 2.64. The Bertz CT molecular complexity index is 482. The molecule has 1 saturated carbocycles. The van der Waals surface area contributed by atoms with E-state index < -0.39 is 0 Å². The highest BCUT2D eigenvalue weighted by atomic mass is 16.6. The van der Waals surface area contributed by atoms with Crippen LogP contribution in [0.3, 0.4) is 0 Å². The van der Waals surface area contributed by atoms with Crippen molar-refractivity contribution in [2.45, 2.75) is 52.1 Å². The zero-order valence-corrected chi connectivity index (χ0v) is 12.8. The van der Waals surface area contributed by atoms with Gasteiger partial charge < -0.3 is 10.1 Å². The van der Waals surface area contributed by atoms with Crippen LogP contribution in [0.15, 0.2) is 18.2 Å². The quantitative estimate of drug-likeness (QED) is 0.615. The largest absolute Gasteiger partial charge is 0.487 e. The summed E-state index contributed by atoms with van der Waals surface area (Å²) in [7, 11) is 0. The van der Waals surface area contributed by atoms with E-state index in [1.807, 2.05) is 19.9 Å². The van der Waals surface area contributed by atoms with E-state index >= 15 is 0 Å². The third-order valence-electron chi connectivity index (χ3n) is 3.88. The van der Waals surface area contributed by atoms with E-state index in [1.165, 1.54) is 25.7 Å². The van der Waals surface area contributed by atoms with Crippen molar-refractivity contribution in [1.82, 2.24) is 5.32 Å². The number of benzene rings is 1. The summed E-state index contributed by atoms with van der Waals surface area (Å²) in [4.78, 5) is 10.9. The molecule has 0 radical (unpaired) electrons. The number of hydrogen-bond donors (Lipinski definition) is 1. The predicted molar refractivity (Wildman–Crippen MR) is 82.5 cm³/mol. The highest BCUT2D eigenvalue weighted by Gasteiger charge is 2.20. The summed E-state index contributed by atoms with van der Waals surface area (Å²) in [5.41, 5.74) is 0.972. The average molecular weight is 292 g/mol. The first kappa shape index (κ1) is 15.8. The molecule has 0 bridgehead atoms. The molecule has 1 fully saturated rings. The van der Waals surface area contributed by atoms with Crippen molar-refractivity contribution in [2.24, 2.45) is 5.92 Å². The van der Waals surface area contributed by atoms with E-state index in [-0.39, 0.29) is 10.6 Å². The van der Waals surface area contributed by atoms with E-state index in [4.69, 9.17) is 4.74 Å². The topological polar surface area (TPSA) is 64.4 Å². The van der Waals surface area contributed by atoms with Crippen molar-refractivity contribution in [3.8, 4) is 5.75 Å². The van der Waals surface area contributed by atoms with E-state index in [0.717, 1.165) is 5.56 Å². The molecular weight excluding hydrogens is 268 g/mol. The Labute approximate surface area is 125 Å². The summed E-state index contributed by atoms with van der Waals surface area (Å²) in [6.45, 7) is 5.31. The Kier molecular flexibility index (Phi) is 5.56. The second-order valence-electron chi connectivity index (χ2n) is 6.06. The van der Waals surface area contributed by atoms with Crippen molar-refractivity contribution < 1.29 is 9.66 Å². The second kappa shape index (κ2) is 7.41. The predicted octanol–water partition coefficient (Wildman–Crippen LogP) is 3.66. The van der Waals surface area contributed by atoms with Gasteiger partial charge in [0.25, 0.3) is 0 Å². The lowest BCUT2D eigenvalue weighted by Gasteiger charge is -2.13. The van der Waals surface area contributed by atoms with Gasteiger partial charge in [-0.3, -0.25) is 10.1 Å². The Morgan fingerprint density at radius 2 is 2.10 bits per heavy atom. The van der Waals surface area contributed by atoms with Crippen LogP contribution in [0.2, 0.25) is 0 Å². The van der Waals surface area contributed by atoms with Gasteiger partial charge in [0, 0.05) is 18.7 Å². The molecule has 2 rings (SSSR count). The molecule has 0 aromatic heterocycles. The molecule has 5 nitrogen and oxygen atoms in total. The van der Waals surface area contributed by atoms with E-state index in [0.29, 0.717) is 30.9 Å². The minimum absolute atomic E-state index is 0.0658. The Morgan fingerprint density at radius 1 is 1.38 bits per heavy atom. The third-order valence-corrected chi connectivity index (χ3v) is 3.88. The molecule has 1 aliphatic carbocycles. The average Bonchev–Trinajstić information content (AvgIpc) is 2.96. The number of nitrogens with zero attached hydrogens (tertiary/aromatic N) is 1. The van der Waals surface area contributed by atoms with Crippen molar-refractivity contribution in [2.75, 3.05) is 6.61 Å². The monoisotopic (exact) mass is 292 g/mol. The molecule has 0 atom stereocenters. The molecule has 5 heteroatoms. The molecular formula is C16H24N2O3. The minimum atomic E-state index is -0.358. The maximum absolute atomic E-state index is 11.2. The zero-order valence-electron chi connectivity index (χ0n) is 12.8. The van der Waals surface area contributed by atoms with Gasteiger partial charge in [0.05, 0.1) is 11.5 Å². The number of hydrogen-bond acceptors (Lipinski definition) is 4. The molecule has 0 aliphatic heterocycles. The van der Waals surface area contributed by atoms with Crippen LogP contribution in [0.4, 0.5) is 5.69 Å². The van der Waals surface area contributed by atoms with Crippen LogP contribution < -0.4 is 10.1 Å². The maximum atomic E-state index is 11.2. The van der Waals surface area contributed by atoms with Gasteiger partial charge in [0.1, 0.15) is 0 Å². The molecule has 1 N–H and O–H groups in total. The van der Waals surface area contributed by atoms with E-state index in [1.54, 1.807) is 12.1 Å². The molecule has 21 heavy (non-hydrogen) atoms. The number of nitrogens with one attached hydrogen (secondary N) is 1. The van der Waals surface area contributed by atoms with Crippen LogP contribution in [0.25, 0.3) is 0 Å². The lowest BCUT2D eigenvalue weighted by molar-refractivity contribution is -0.386. The van der Waals surface area contributed by atoms with Gasteiger partial charge in [-0.05, 0) is 30.4 Å². The summed E-state index contributed by atoms with van der Waals surface area (Å²) in [5.74, 6) is 0.937. The molecule has 1 aromatic carbocycles. The van der Waals surface area contributed by atoms with E-state index in [2.05, 4.69) is 5.32 Å². The highest BCUT2D eigenvalue weighted by molar-refractivity contribution is 5.48. The van der Waals surface area contributed by atoms with Gasteiger partial charge in [-0.2, -0.15) is 0 Å². The van der Waals surface area contributed by atoms with Crippen LogP contribution in [0, 0.1) is 16.0 Å². The van der Waals surface area contributed by atoms with Crippen molar-refractivity contribution in [3.05, 3.63) is 33.9 Å². The molecule has 0 spiro atoms. The first-order valence-corrected chi connectivity index (χ1v) is 7.69. The van der Waals surface area contributed by atoms with Crippen LogP contribution in [-0.4, -0.2) is 17.6 Å². The minimum Gasteiger partial charge on any atom is -0.487 e. The summed E-state index contributed by atoms with van der Waals surface area (Å²) in [6.07, 6.45) is 4.83. The summed E-state index contributed by atoms with van der Waals surface area (Å²) in [6, 6.07) is 5.58. The Hall–Kier alpha value is -1.62. The van der Waals surface area contributed by atoms with Crippen molar-refractivity contribution >= 4 is 5.69 Å². The fourth-order valence-electron chi connectivity index (χ4n) is 2.64. The molecule has 116 valence electrons. The molecule has 0 unspecified atom stereocenters. The zero-order chi connectivity index (χ0) is 15.2. The first-order valence-electron chi connectivity index (χ1n) is 7.69. The van der Waals surface area contributed by atoms with Crippen LogP contribution in [0.1, 0.15) is 45.1 Å². The van der Waals surface area contributed by atoms with Gasteiger partial charge in [-0.15, -0.1) is 0 Å². The van der Waals surface area contributed by atoms with Crippen LogP contribution >= 0.6 is 0 Å². The van der Waals surface area contributed by atoms with Crippen LogP contribution in [0.5, 0.6) is 5.75 Å². The highest BCUT2D eigenvalue weighted by Crippen LogP contribution is 2.31. The fraction of sp³-hybridized carbons (Fsp3) is 0.625. The van der Waals surface area contributed by atoms with Crippen molar-refractivity contribution in [3.63, 3.8) is 0 Å². The normalized spacial score (nSPS) is 15.6. The Morgan fingerprint density at radius 3 is 2.71 bits per heavy atom. The van der Waals surface area contributed by atoms with Gasteiger partial charge in [0.15, 0.2) is 5.75 Å². The van der Waals surface area contributed by atoms with Gasteiger partial charge in [-0.25, -0.2) is 0 Å². The SMILES string of the molecule is CC(C)NCc1ccc(OCC2CCCC2)c([N+](=O)[O-])c1. The summed E-state index contributed by atoms with van der Waals surface area (Å²) >= 11 is 0. The molecule has 0 saturated heterocycles. The lowest BCUT2D eigenvalue weighted by atomic mass is 10.1. The number of ether oxygens (including phenoxy) is 1. The third kappa shape index (κ3) is 4.70. The molecule has 0 amide bonds. The molecule has 1 aliphatic rings. The number of nitro groups is 1. The van der Waals surface area contributed by atoms with Gasteiger partial charge >= 0.3 is 5.69 Å². The molecule has 1 aromatic rings. The lowest BCUT2D eigenvalue weighted by Crippen LogP contribution is -2.21. The van der Waals surface area contributed by atoms with Crippen LogP contribution in [-0.2, 0) is 6.54 Å². The standard InChI is InChI=1S/C16H24N2O3/c1-12(2)17-10-14-7-8-16(15(9-14)18(19)20)21-11-13-5-3-4-6-13/h7-9,12-13,17H,3-6,10-11H2,1-2H3. The van der Waals surface area contributed by atoms with E-state index in [9.17, 15) is 10.1 Å². The van der Waals surface area contributed by atoms with Gasteiger partial charge in [-0.1, -0.05) is 32.8 Å². The first-order chi connectivity index (χ1) is 10.1. The van der Waals surface area contributed by atoms with Gasteiger partial charge in [0.2, 0.25) is 0 Å². The summed E-state index contributed by atoms with van der Waals surface area (Å²) in [5, 5.41) is 14.5. The Balaban J connectivity index is 2.03. The second-order valence-corrected chi connectivity index (χ2v) is 6.06. The number of rotatable bonds is 7. The number of nitro benzene ring substituents is 1. The van der Waals surface area contributed by atoms with Crippen molar-refractivity contribution in [1.29, 1.82) is 0 Å². The smallest absolute Gasteiger partial charge is 0.311 e. The maximum Gasteiger partial charge on any atom is 0.311 e. The summed E-state index contributed by atoms with van der Waals surface area (Å²) < 4.78 is 5.70. The molecule has 0 heterocycles.